The van der Waals surface area contributed by atoms with Gasteiger partial charge in [0.05, 0.1) is 0 Å². The number of aryl methyl sites for hydroxylation is 1. The minimum Gasteiger partial charge on any atom is -0.369 e. The van der Waals surface area contributed by atoms with Crippen molar-refractivity contribution in [1.29, 1.82) is 0 Å². The van der Waals surface area contributed by atoms with Gasteiger partial charge in [0.2, 0.25) is 11.9 Å². The topological polar surface area (TPSA) is 112 Å². The van der Waals surface area contributed by atoms with Crippen molar-refractivity contribution in [1.82, 2.24) is 19.9 Å². The van der Waals surface area contributed by atoms with Crippen LogP contribution in [-0.2, 0) is 6.42 Å². The van der Waals surface area contributed by atoms with E-state index in [-0.39, 0.29) is 11.5 Å². The zero-order valence-corrected chi connectivity index (χ0v) is 10.9. The summed E-state index contributed by atoms with van der Waals surface area (Å²) in [6.07, 6.45) is 0.990. The molecule has 0 amide bonds. The van der Waals surface area contributed by atoms with Crippen molar-refractivity contribution in [2.45, 2.75) is 13.3 Å². The van der Waals surface area contributed by atoms with Gasteiger partial charge in [-0.1, -0.05) is 19.1 Å². The molecular weight excluding hydrogens is 256 g/mol. The Morgan fingerprint density at radius 3 is 2.65 bits per heavy atom. The van der Waals surface area contributed by atoms with Crippen LogP contribution in [0.1, 0.15) is 12.5 Å². The maximum absolute atomic E-state index is 11.7. The standard InChI is InChI=1S/C13H14N6O/c1-2-7-3-5-8(6-4-7)15-13-16-9-10(18-13)17-12(14)19-11(9)20/h3-6H,2H2,1H3,(H5,14,15,16,17,18,19,20). The van der Waals surface area contributed by atoms with Gasteiger partial charge in [0, 0.05) is 5.69 Å². The Bertz CT molecular complexity index is 802. The molecule has 0 saturated heterocycles. The van der Waals surface area contributed by atoms with Gasteiger partial charge in [-0.2, -0.15) is 9.97 Å². The van der Waals surface area contributed by atoms with Crippen molar-refractivity contribution in [2.24, 2.45) is 0 Å². The van der Waals surface area contributed by atoms with Crippen LogP contribution in [0.4, 0.5) is 17.6 Å². The Kier molecular flexibility index (Phi) is 2.86. The van der Waals surface area contributed by atoms with Crippen LogP contribution in [0, 0.1) is 0 Å². The Balaban J connectivity index is 1.94. The molecule has 2 aromatic heterocycles. The van der Waals surface area contributed by atoms with Crippen molar-refractivity contribution in [3.63, 3.8) is 0 Å². The average molecular weight is 270 g/mol. The van der Waals surface area contributed by atoms with E-state index in [9.17, 15) is 4.79 Å². The molecule has 5 N–H and O–H groups in total. The number of aromatic nitrogens is 4. The van der Waals surface area contributed by atoms with Gasteiger partial charge in [0.1, 0.15) is 0 Å². The van der Waals surface area contributed by atoms with E-state index in [1.165, 1.54) is 5.56 Å². The minimum atomic E-state index is -0.339. The maximum Gasteiger partial charge on any atom is 0.278 e. The van der Waals surface area contributed by atoms with Crippen LogP contribution in [0.5, 0.6) is 0 Å². The number of hydrogen-bond donors (Lipinski definition) is 4. The van der Waals surface area contributed by atoms with E-state index in [4.69, 9.17) is 5.73 Å². The summed E-state index contributed by atoms with van der Waals surface area (Å²) in [4.78, 5) is 25.1. The van der Waals surface area contributed by atoms with Gasteiger partial charge < -0.3 is 16.0 Å². The zero-order valence-electron chi connectivity index (χ0n) is 10.9. The number of fused-ring (bicyclic) bond motifs is 1. The Hall–Kier alpha value is -2.83. The first kappa shape index (κ1) is 12.2. The number of H-pyrrole nitrogens is 2. The first-order chi connectivity index (χ1) is 9.65. The lowest BCUT2D eigenvalue weighted by molar-refractivity contribution is 1.14. The van der Waals surface area contributed by atoms with Crippen LogP contribution in [0.25, 0.3) is 11.2 Å². The smallest absolute Gasteiger partial charge is 0.278 e. The first-order valence-corrected chi connectivity index (χ1v) is 6.27. The minimum absolute atomic E-state index is 0.0489. The predicted octanol–water partition coefficient (Wildman–Crippen LogP) is 1.53. The molecule has 0 unspecified atom stereocenters. The van der Waals surface area contributed by atoms with Crippen molar-refractivity contribution in [3.8, 4) is 0 Å². The molecule has 20 heavy (non-hydrogen) atoms. The van der Waals surface area contributed by atoms with E-state index >= 15 is 0 Å². The fourth-order valence-electron chi connectivity index (χ4n) is 1.94. The van der Waals surface area contributed by atoms with Gasteiger partial charge in [-0.25, -0.2) is 0 Å². The molecule has 102 valence electrons. The van der Waals surface area contributed by atoms with Crippen LogP contribution >= 0.6 is 0 Å². The predicted molar refractivity (Wildman–Crippen MR) is 78.0 cm³/mol. The van der Waals surface area contributed by atoms with Gasteiger partial charge in [-0.3, -0.25) is 9.78 Å². The second-order valence-corrected chi connectivity index (χ2v) is 4.41. The lowest BCUT2D eigenvalue weighted by Gasteiger charge is -2.03. The molecule has 3 rings (SSSR count). The summed E-state index contributed by atoms with van der Waals surface area (Å²) in [7, 11) is 0. The van der Waals surface area contributed by atoms with Crippen LogP contribution in [0.3, 0.4) is 0 Å². The highest BCUT2D eigenvalue weighted by molar-refractivity contribution is 5.74. The Labute approximate surface area is 114 Å². The van der Waals surface area contributed by atoms with Crippen molar-refractivity contribution in [2.75, 3.05) is 11.1 Å². The number of imidazole rings is 1. The number of rotatable bonds is 3. The Morgan fingerprint density at radius 1 is 1.20 bits per heavy atom. The highest BCUT2D eigenvalue weighted by Crippen LogP contribution is 2.16. The van der Waals surface area contributed by atoms with Gasteiger partial charge in [0.25, 0.3) is 5.56 Å². The van der Waals surface area contributed by atoms with E-state index < -0.39 is 0 Å². The third kappa shape index (κ3) is 2.20. The second-order valence-electron chi connectivity index (χ2n) is 4.41. The molecule has 0 atom stereocenters. The zero-order chi connectivity index (χ0) is 14.1. The SMILES string of the molecule is CCc1ccc(Nc2nc3nc(N)[nH]c(=O)c3[nH]2)cc1. The fourth-order valence-corrected chi connectivity index (χ4v) is 1.94. The van der Waals surface area contributed by atoms with E-state index in [1.807, 2.05) is 24.3 Å². The molecule has 1 aromatic carbocycles. The summed E-state index contributed by atoms with van der Waals surface area (Å²) in [5.41, 5.74) is 7.86. The second kappa shape index (κ2) is 4.69. The lowest BCUT2D eigenvalue weighted by Crippen LogP contribution is -2.10. The van der Waals surface area contributed by atoms with E-state index in [1.54, 1.807) is 0 Å². The van der Waals surface area contributed by atoms with Crippen molar-refractivity contribution in [3.05, 3.63) is 40.2 Å². The molecule has 3 aromatic rings. The molecule has 0 aliphatic heterocycles. The summed E-state index contributed by atoms with van der Waals surface area (Å²) in [6, 6.07) is 7.98. The number of nitrogens with one attached hydrogen (secondary N) is 3. The monoisotopic (exact) mass is 270 g/mol. The largest absolute Gasteiger partial charge is 0.369 e. The molecule has 0 fully saturated rings. The van der Waals surface area contributed by atoms with E-state index in [0.717, 1.165) is 12.1 Å². The van der Waals surface area contributed by atoms with Crippen molar-refractivity contribution < 1.29 is 0 Å². The molecule has 0 radical (unpaired) electrons. The Morgan fingerprint density at radius 2 is 1.95 bits per heavy atom. The highest BCUT2D eigenvalue weighted by Gasteiger charge is 2.08. The van der Waals surface area contributed by atoms with E-state index in [0.29, 0.717) is 17.1 Å². The quantitative estimate of drug-likeness (QED) is 0.576. The summed E-state index contributed by atoms with van der Waals surface area (Å²) >= 11 is 0. The molecule has 7 nitrogen and oxygen atoms in total. The molecule has 7 heteroatoms. The maximum atomic E-state index is 11.7. The molecule has 2 heterocycles. The van der Waals surface area contributed by atoms with Crippen molar-refractivity contribution >= 4 is 28.7 Å². The average Bonchev–Trinajstić information content (AvgIpc) is 2.82. The first-order valence-electron chi connectivity index (χ1n) is 6.27. The molecular formula is C13H14N6O. The number of nitrogens with zero attached hydrogens (tertiary/aromatic N) is 2. The molecule has 0 aliphatic carbocycles. The summed E-state index contributed by atoms with van der Waals surface area (Å²) in [5.74, 6) is 0.501. The molecule has 0 spiro atoms. The summed E-state index contributed by atoms with van der Waals surface area (Å²) in [5, 5.41) is 3.09. The molecule has 0 bridgehead atoms. The fraction of sp³-hybridized carbons (Fsp3) is 0.154. The van der Waals surface area contributed by atoms with E-state index in [2.05, 4.69) is 32.2 Å². The number of anilines is 3. The normalized spacial score (nSPS) is 10.8. The lowest BCUT2D eigenvalue weighted by atomic mass is 10.1. The summed E-state index contributed by atoms with van der Waals surface area (Å²) in [6.45, 7) is 2.10. The van der Waals surface area contributed by atoms with Crippen LogP contribution in [0.2, 0.25) is 0 Å². The summed E-state index contributed by atoms with van der Waals surface area (Å²) < 4.78 is 0. The number of aromatic amines is 2. The van der Waals surface area contributed by atoms with Gasteiger partial charge >= 0.3 is 0 Å². The highest BCUT2D eigenvalue weighted by atomic mass is 16.1. The number of hydrogen-bond acceptors (Lipinski definition) is 5. The molecule has 0 saturated carbocycles. The molecule has 0 aliphatic rings. The third-order valence-corrected chi connectivity index (χ3v) is 3.00. The van der Waals surface area contributed by atoms with Crippen LogP contribution in [-0.4, -0.2) is 19.9 Å². The van der Waals surface area contributed by atoms with Gasteiger partial charge in [-0.15, -0.1) is 0 Å². The number of nitrogens with two attached hydrogens (primary N) is 1. The van der Waals surface area contributed by atoms with Crippen LogP contribution in [0.15, 0.2) is 29.1 Å². The third-order valence-electron chi connectivity index (χ3n) is 3.00. The van der Waals surface area contributed by atoms with Crippen LogP contribution < -0.4 is 16.6 Å². The van der Waals surface area contributed by atoms with Gasteiger partial charge in [0.15, 0.2) is 11.2 Å². The number of benzene rings is 1. The van der Waals surface area contributed by atoms with Gasteiger partial charge in [-0.05, 0) is 24.1 Å². The number of nitrogen functional groups attached to an aromatic ring is 1.